The molecule has 0 spiro atoms. The molecule has 3 aromatic rings. The average molecular weight is 385 g/mol. The normalized spacial score (nSPS) is 11.0. The first-order valence-electron chi connectivity index (χ1n) is 8.66. The second-order valence-corrected chi connectivity index (χ2v) is 7.23. The lowest BCUT2D eigenvalue weighted by molar-refractivity contribution is -0.113. The molecule has 0 radical (unpaired) electrons. The van der Waals surface area contributed by atoms with Gasteiger partial charge in [-0.2, -0.15) is 5.10 Å². The van der Waals surface area contributed by atoms with E-state index in [0.29, 0.717) is 11.1 Å². The molecule has 0 bridgehead atoms. The highest BCUT2D eigenvalue weighted by atomic mass is 32.2. The fourth-order valence-electron chi connectivity index (χ4n) is 2.85. The molecular formula is C18H23N7OS. The van der Waals surface area contributed by atoms with Crippen LogP contribution in [0.2, 0.25) is 0 Å². The van der Waals surface area contributed by atoms with Crippen molar-refractivity contribution in [2.45, 2.75) is 39.3 Å². The smallest absolute Gasteiger partial charge is 0.271 e. The van der Waals surface area contributed by atoms with E-state index in [4.69, 9.17) is 5.84 Å². The second-order valence-electron chi connectivity index (χ2n) is 6.29. The van der Waals surface area contributed by atoms with E-state index in [0.717, 1.165) is 34.6 Å². The van der Waals surface area contributed by atoms with Crippen LogP contribution in [0.1, 0.15) is 29.4 Å². The molecule has 3 N–H and O–H groups in total. The molecule has 0 saturated carbocycles. The van der Waals surface area contributed by atoms with Crippen LogP contribution in [0.3, 0.4) is 0 Å². The fraction of sp³-hybridized carbons (Fsp3) is 0.333. The molecule has 0 unspecified atom stereocenters. The highest BCUT2D eigenvalue weighted by Gasteiger charge is 2.16. The Hall–Kier alpha value is -2.81. The Morgan fingerprint density at radius 1 is 1.26 bits per heavy atom. The van der Waals surface area contributed by atoms with Crippen LogP contribution >= 0.6 is 11.8 Å². The van der Waals surface area contributed by atoms with Crippen molar-refractivity contribution < 1.29 is 4.79 Å². The first kappa shape index (κ1) is 19.0. The van der Waals surface area contributed by atoms with Crippen LogP contribution in [-0.4, -0.2) is 36.3 Å². The van der Waals surface area contributed by atoms with Crippen LogP contribution < -0.4 is 11.2 Å². The van der Waals surface area contributed by atoms with E-state index in [-0.39, 0.29) is 11.7 Å². The van der Waals surface area contributed by atoms with Crippen molar-refractivity contribution in [3.8, 4) is 5.95 Å². The number of nitrogens with one attached hydrogen (secondary N) is 1. The number of carbonyl (C=O) groups is 1. The van der Waals surface area contributed by atoms with E-state index in [9.17, 15) is 4.79 Å². The van der Waals surface area contributed by atoms with Gasteiger partial charge < -0.3 is 11.2 Å². The van der Waals surface area contributed by atoms with Gasteiger partial charge in [0.1, 0.15) is 0 Å². The van der Waals surface area contributed by atoms with Crippen LogP contribution in [0, 0.1) is 20.8 Å². The Balaban J connectivity index is 1.69. The van der Waals surface area contributed by atoms with E-state index in [1.807, 2.05) is 45.0 Å². The topological polar surface area (TPSA) is 104 Å². The predicted molar refractivity (Wildman–Crippen MR) is 107 cm³/mol. The van der Waals surface area contributed by atoms with Gasteiger partial charge in [0.15, 0.2) is 0 Å². The summed E-state index contributed by atoms with van der Waals surface area (Å²) in [6.45, 7) is 7.87. The standard InChI is InChI=1S/C18H23N7OS/c1-5-14-8-6-7-11(2)16(14)20-15(26)10-27-18-22-21-17(24(18)19)25-13(4)9-12(3)23-25/h6-9H,5,10,19H2,1-4H3,(H,20,26). The summed E-state index contributed by atoms with van der Waals surface area (Å²) in [5, 5.41) is 16.0. The zero-order chi connectivity index (χ0) is 19.6. The summed E-state index contributed by atoms with van der Waals surface area (Å²) in [5.74, 6) is 6.59. The predicted octanol–water partition coefficient (Wildman–Crippen LogP) is 2.40. The molecule has 1 amide bonds. The zero-order valence-corrected chi connectivity index (χ0v) is 16.7. The lowest BCUT2D eigenvalue weighted by Crippen LogP contribution is -2.19. The van der Waals surface area contributed by atoms with Crippen LogP contribution in [0.15, 0.2) is 29.4 Å². The summed E-state index contributed by atoms with van der Waals surface area (Å²) in [7, 11) is 0. The largest absolute Gasteiger partial charge is 0.334 e. The van der Waals surface area contributed by atoms with Crippen molar-refractivity contribution in [3.63, 3.8) is 0 Å². The van der Waals surface area contributed by atoms with Gasteiger partial charge in [-0.05, 0) is 44.4 Å². The lowest BCUT2D eigenvalue weighted by Gasteiger charge is -2.12. The van der Waals surface area contributed by atoms with Gasteiger partial charge in [-0.15, -0.1) is 10.2 Å². The number of nitrogens with two attached hydrogens (primary N) is 1. The number of thioether (sulfide) groups is 1. The summed E-state index contributed by atoms with van der Waals surface area (Å²) in [4.78, 5) is 12.4. The van der Waals surface area contributed by atoms with E-state index >= 15 is 0 Å². The SMILES string of the molecule is CCc1cccc(C)c1NC(=O)CSc1nnc(-n2nc(C)cc2C)n1N. The van der Waals surface area contributed by atoms with Gasteiger partial charge in [0.05, 0.1) is 11.4 Å². The summed E-state index contributed by atoms with van der Waals surface area (Å²) in [6.07, 6.45) is 0.855. The van der Waals surface area contributed by atoms with E-state index < -0.39 is 0 Å². The van der Waals surface area contributed by atoms with Gasteiger partial charge in [-0.3, -0.25) is 4.79 Å². The number of benzene rings is 1. The summed E-state index contributed by atoms with van der Waals surface area (Å²) in [5.41, 5.74) is 4.81. The van der Waals surface area contributed by atoms with Gasteiger partial charge in [-0.1, -0.05) is 36.9 Å². The number of rotatable bonds is 6. The van der Waals surface area contributed by atoms with Crippen molar-refractivity contribution in [1.29, 1.82) is 0 Å². The summed E-state index contributed by atoms with van der Waals surface area (Å²) >= 11 is 1.23. The minimum atomic E-state index is -0.111. The Morgan fingerprint density at radius 2 is 2.04 bits per heavy atom. The third-order valence-corrected chi connectivity index (χ3v) is 5.13. The summed E-state index contributed by atoms with van der Waals surface area (Å²) in [6, 6.07) is 7.94. The second kappa shape index (κ2) is 7.83. The lowest BCUT2D eigenvalue weighted by atomic mass is 10.1. The minimum absolute atomic E-state index is 0.111. The number of carbonyl (C=O) groups excluding carboxylic acids is 1. The number of amides is 1. The van der Waals surface area contributed by atoms with E-state index in [1.165, 1.54) is 16.4 Å². The summed E-state index contributed by atoms with van der Waals surface area (Å²) < 4.78 is 2.98. The van der Waals surface area contributed by atoms with Crippen molar-refractivity contribution in [3.05, 3.63) is 46.8 Å². The molecule has 8 nitrogen and oxygen atoms in total. The van der Waals surface area contributed by atoms with Gasteiger partial charge in [-0.25, -0.2) is 9.36 Å². The van der Waals surface area contributed by atoms with Crippen LogP contribution in [0.4, 0.5) is 5.69 Å². The number of hydrogen-bond donors (Lipinski definition) is 2. The molecule has 0 saturated heterocycles. The number of nitrogens with zero attached hydrogens (tertiary/aromatic N) is 5. The zero-order valence-electron chi connectivity index (χ0n) is 15.9. The third-order valence-electron chi connectivity index (χ3n) is 4.18. The maximum atomic E-state index is 12.4. The van der Waals surface area contributed by atoms with Crippen LogP contribution in [0.25, 0.3) is 5.95 Å². The quantitative estimate of drug-likeness (QED) is 0.499. The van der Waals surface area contributed by atoms with Gasteiger partial charge in [0, 0.05) is 11.4 Å². The molecule has 27 heavy (non-hydrogen) atoms. The minimum Gasteiger partial charge on any atom is -0.334 e. The highest BCUT2D eigenvalue weighted by Crippen LogP contribution is 2.22. The van der Waals surface area contributed by atoms with E-state index in [1.54, 1.807) is 4.68 Å². The van der Waals surface area contributed by atoms with Crippen LogP contribution in [0.5, 0.6) is 0 Å². The van der Waals surface area contributed by atoms with E-state index in [2.05, 4.69) is 27.5 Å². The fourth-order valence-corrected chi connectivity index (χ4v) is 3.50. The molecule has 0 aliphatic carbocycles. The Morgan fingerprint density at radius 3 is 2.70 bits per heavy atom. The Kier molecular flexibility index (Phi) is 5.50. The van der Waals surface area contributed by atoms with Crippen molar-refractivity contribution >= 4 is 23.4 Å². The molecule has 9 heteroatoms. The van der Waals surface area contributed by atoms with Crippen molar-refractivity contribution in [2.24, 2.45) is 0 Å². The highest BCUT2D eigenvalue weighted by molar-refractivity contribution is 7.99. The third kappa shape index (κ3) is 3.97. The number of nitrogen functional groups attached to an aromatic ring is 1. The number of aromatic nitrogens is 5. The molecule has 0 aliphatic heterocycles. The molecule has 2 aromatic heterocycles. The van der Waals surface area contributed by atoms with Gasteiger partial charge >= 0.3 is 0 Å². The molecule has 142 valence electrons. The monoisotopic (exact) mass is 385 g/mol. The Bertz CT molecular complexity index is 976. The molecule has 1 aromatic carbocycles. The first-order valence-corrected chi connectivity index (χ1v) is 9.64. The number of para-hydroxylation sites is 1. The molecule has 0 fully saturated rings. The number of anilines is 1. The first-order chi connectivity index (χ1) is 12.9. The van der Waals surface area contributed by atoms with Crippen molar-refractivity contribution in [1.82, 2.24) is 24.7 Å². The molecule has 3 rings (SSSR count). The Labute approximate surface area is 162 Å². The molecular weight excluding hydrogens is 362 g/mol. The number of hydrogen-bond acceptors (Lipinski definition) is 6. The maximum absolute atomic E-state index is 12.4. The maximum Gasteiger partial charge on any atom is 0.271 e. The van der Waals surface area contributed by atoms with Crippen molar-refractivity contribution in [2.75, 3.05) is 16.9 Å². The number of aryl methyl sites for hydroxylation is 4. The average Bonchev–Trinajstić information content (AvgIpc) is 3.16. The molecule has 2 heterocycles. The van der Waals surface area contributed by atoms with Gasteiger partial charge in [0.2, 0.25) is 11.1 Å². The molecule has 0 atom stereocenters. The molecule has 0 aliphatic rings. The van der Waals surface area contributed by atoms with Gasteiger partial charge in [0.25, 0.3) is 5.95 Å². The van der Waals surface area contributed by atoms with Crippen LogP contribution in [-0.2, 0) is 11.2 Å².